The van der Waals surface area contributed by atoms with Crippen LogP contribution in [0.3, 0.4) is 0 Å². The molecule has 37 heavy (non-hydrogen) atoms. The number of halogens is 4. The van der Waals surface area contributed by atoms with Crippen LogP contribution in [0.1, 0.15) is 33.1 Å². The van der Waals surface area contributed by atoms with Gasteiger partial charge in [-0.05, 0) is 29.3 Å². The van der Waals surface area contributed by atoms with Crippen LogP contribution in [0, 0.1) is 5.82 Å². The van der Waals surface area contributed by atoms with Crippen LogP contribution >= 0.6 is 0 Å². The molecule has 2 heterocycles. The summed E-state index contributed by atoms with van der Waals surface area (Å²) >= 11 is 0. The van der Waals surface area contributed by atoms with Gasteiger partial charge >= 0.3 is 6.18 Å². The molecule has 1 aliphatic rings. The van der Waals surface area contributed by atoms with E-state index in [1.54, 1.807) is 23.1 Å². The first kappa shape index (κ1) is 26.8. The molecule has 0 saturated carbocycles. The van der Waals surface area contributed by atoms with Crippen molar-refractivity contribution in [2.45, 2.75) is 25.8 Å². The summed E-state index contributed by atoms with van der Waals surface area (Å²) in [5.74, 6) is -0.615. The van der Waals surface area contributed by atoms with Gasteiger partial charge in [0.1, 0.15) is 12.1 Å². The first-order valence-corrected chi connectivity index (χ1v) is 11.9. The fourth-order valence-corrected chi connectivity index (χ4v) is 4.11. The molecule has 0 bridgehead atoms. The zero-order valence-corrected chi connectivity index (χ0v) is 20.1. The van der Waals surface area contributed by atoms with E-state index < -0.39 is 23.5 Å². The third-order valence-corrected chi connectivity index (χ3v) is 6.00. The molecule has 1 fully saturated rings. The number of amides is 1. The second kappa shape index (κ2) is 12.3. The van der Waals surface area contributed by atoms with Crippen molar-refractivity contribution in [2.24, 2.45) is 0 Å². The number of nitrogens with zero attached hydrogens (tertiary/aromatic N) is 3. The third-order valence-electron chi connectivity index (χ3n) is 6.00. The van der Waals surface area contributed by atoms with Gasteiger partial charge in [-0.3, -0.25) is 14.6 Å². The monoisotopic (exact) mass is 520 g/mol. The van der Waals surface area contributed by atoms with Crippen molar-refractivity contribution in [2.75, 3.05) is 39.4 Å². The number of benzene rings is 2. The molecule has 0 spiro atoms. The molecule has 0 atom stereocenters. The Morgan fingerprint density at radius 2 is 1.76 bits per heavy atom. The normalized spacial score (nSPS) is 14.7. The number of morpholine rings is 1. The second-order valence-electron chi connectivity index (χ2n) is 8.76. The van der Waals surface area contributed by atoms with Crippen LogP contribution in [-0.2, 0) is 30.5 Å². The quantitative estimate of drug-likeness (QED) is 0.406. The molecule has 0 aliphatic carbocycles. The number of rotatable bonds is 10. The second-order valence-corrected chi connectivity index (χ2v) is 8.76. The topological polar surface area (TPSA) is 70.8 Å². The van der Waals surface area contributed by atoms with Crippen LogP contribution in [-0.4, -0.2) is 60.1 Å². The Kier molecular flexibility index (Phi) is 8.91. The van der Waals surface area contributed by atoms with E-state index >= 15 is 0 Å². The van der Waals surface area contributed by atoms with Crippen molar-refractivity contribution < 1.29 is 31.5 Å². The van der Waals surface area contributed by atoms with Crippen molar-refractivity contribution in [3.05, 3.63) is 88.9 Å². The maximum Gasteiger partial charge on any atom is 0.416 e. The lowest BCUT2D eigenvalue weighted by atomic mass is 10.1. The van der Waals surface area contributed by atoms with E-state index in [0.717, 1.165) is 19.2 Å². The summed E-state index contributed by atoms with van der Waals surface area (Å²) in [6.45, 7) is 4.29. The summed E-state index contributed by atoms with van der Waals surface area (Å²) in [7, 11) is 0. The van der Waals surface area contributed by atoms with Gasteiger partial charge in [0.05, 0.1) is 25.3 Å². The van der Waals surface area contributed by atoms with E-state index in [1.807, 2.05) is 0 Å². The fraction of sp³-hybridized carbons (Fsp3) is 0.385. The SMILES string of the molecule is O=C(NCCN1CCOCC1)c1coc(CN(Cc2ccc(F)cc2)Cc2ccccc2C(F)(F)F)n1. The molecule has 7 nitrogen and oxygen atoms in total. The van der Waals surface area contributed by atoms with Gasteiger partial charge in [0.25, 0.3) is 5.91 Å². The van der Waals surface area contributed by atoms with Gasteiger partial charge < -0.3 is 14.5 Å². The highest BCUT2D eigenvalue weighted by Crippen LogP contribution is 2.32. The minimum absolute atomic E-state index is 0.0463. The summed E-state index contributed by atoms with van der Waals surface area (Å²) < 4.78 is 64.8. The summed E-state index contributed by atoms with van der Waals surface area (Å²) in [4.78, 5) is 20.6. The van der Waals surface area contributed by atoms with Gasteiger partial charge in [-0.2, -0.15) is 13.2 Å². The van der Waals surface area contributed by atoms with Gasteiger partial charge in [-0.15, -0.1) is 0 Å². The number of carbonyl (C=O) groups is 1. The summed E-state index contributed by atoms with van der Waals surface area (Å²) in [5, 5.41) is 2.80. The molecule has 198 valence electrons. The summed E-state index contributed by atoms with van der Waals surface area (Å²) in [6.07, 6.45) is -3.27. The van der Waals surface area contributed by atoms with E-state index in [2.05, 4.69) is 15.2 Å². The van der Waals surface area contributed by atoms with E-state index in [9.17, 15) is 22.4 Å². The smallest absolute Gasteiger partial charge is 0.416 e. The van der Waals surface area contributed by atoms with Gasteiger partial charge in [-0.25, -0.2) is 9.37 Å². The molecule has 1 aromatic heterocycles. The van der Waals surface area contributed by atoms with Crippen LogP contribution in [0.25, 0.3) is 0 Å². The zero-order valence-electron chi connectivity index (χ0n) is 20.1. The van der Waals surface area contributed by atoms with Crippen LogP contribution in [0.2, 0.25) is 0 Å². The van der Waals surface area contributed by atoms with Gasteiger partial charge in [0, 0.05) is 39.3 Å². The lowest BCUT2D eigenvalue weighted by Crippen LogP contribution is -2.41. The van der Waals surface area contributed by atoms with Gasteiger partial charge in [0.2, 0.25) is 5.89 Å². The first-order valence-electron chi connectivity index (χ1n) is 11.9. The number of hydrogen-bond donors (Lipinski definition) is 1. The van der Waals surface area contributed by atoms with E-state index in [0.29, 0.717) is 31.9 Å². The molecular formula is C26H28F4N4O3. The lowest BCUT2D eigenvalue weighted by Gasteiger charge is -2.26. The molecule has 3 aromatic rings. The summed E-state index contributed by atoms with van der Waals surface area (Å²) in [5.41, 5.74) is 0.157. The van der Waals surface area contributed by atoms with Gasteiger partial charge in [0.15, 0.2) is 5.69 Å². The number of nitrogens with one attached hydrogen (secondary N) is 1. The molecule has 11 heteroatoms. The predicted octanol–water partition coefficient (Wildman–Crippen LogP) is 4.10. The summed E-state index contributed by atoms with van der Waals surface area (Å²) in [6, 6.07) is 11.1. The Hall–Kier alpha value is -3.28. The molecule has 1 amide bonds. The minimum atomic E-state index is -4.51. The molecule has 4 rings (SSSR count). The van der Waals surface area contributed by atoms with Crippen LogP contribution < -0.4 is 5.32 Å². The Balaban J connectivity index is 1.43. The van der Waals surface area contributed by atoms with E-state index in [1.165, 1.54) is 30.5 Å². The predicted molar refractivity (Wildman–Crippen MR) is 127 cm³/mol. The Labute approximate surface area is 212 Å². The zero-order chi connectivity index (χ0) is 26.3. The number of carbonyl (C=O) groups excluding carboxylic acids is 1. The largest absolute Gasteiger partial charge is 0.447 e. The van der Waals surface area contributed by atoms with Crippen molar-refractivity contribution in [1.29, 1.82) is 0 Å². The minimum Gasteiger partial charge on any atom is -0.447 e. The molecule has 1 saturated heterocycles. The van der Waals surface area contributed by atoms with Crippen molar-refractivity contribution in [1.82, 2.24) is 20.1 Å². The highest BCUT2D eigenvalue weighted by atomic mass is 19.4. The Morgan fingerprint density at radius 1 is 1.03 bits per heavy atom. The number of oxazole rings is 1. The maximum absolute atomic E-state index is 13.6. The van der Waals surface area contributed by atoms with Crippen molar-refractivity contribution in [3.8, 4) is 0 Å². The molecule has 0 radical (unpaired) electrons. The first-order chi connectivity index (χ1) is 17.8. The van der Waals surface area contributed by atoms with Crippen LogP contribution in [0.5, 0.6) is 0 Å². The maximum atomic E-state index is 13.6. The van der Waals surface area contributed by atoms with Crippen LogP contribution in [0.15, 0.2) is 59.2 Å². The Morgan fingerprint density at radius 3 is 2.49 bits per heavy atom. The molecule has 1 N–H and O–H groups in total. The molecular weight excluding hydrogens is 492 g/mol. The Bertz CT molecular complexity index is 1160. The third kappa shape index (κ3) is 7.85. The number of aromatic nitrogens is 1. The number of hydrogen-bond acceptors (Lipinski definition) is 6. The standard InChI is InChI=1S/C26H28F4N4O3/c27-21-7-5-19(6-8-21)15-34(16-20-3-1-2-4-22(20)26(28,29)30)17-24-32-23(18-37-24)25(35)31-9-10-33-11-13-36-14-12-33/h1-8,18H,9-17H2,(H,31,35). The number of ether oxygens (including phenoxy) is 1. The van der Waals surface area contributed by atoms with Gasteiger partial charge in [-0.1, -0.05) is 30.3 Å². The van der Waals surface area contributed by atoms with Crippen molar-refractivity contribution >= 4 is 5.91 Å². The fourth-order valence-electron chi connectivity index (χ4n) is 4.11. The lowest BCUT2D eigenvalue weighted by molar-refractivity contribution is -0.138. The average Bonchev–Trinajstić information content (AvgIpc) is 3.34. The van der Waals surface area contributed by atoms with E-state index in [4.69, 9.17) is 9.15 Å². The highest BCUT2D eigenvalue weighted by molar-refractivity contribution is 5.91. The highest BCUT2D eigenvalue weighted by Gasteiger charge is 2.33. The van der Waals surface area contributed by atoms with Crippen LogP contribution in [0.4, 0.5) is 17.6 Å². The number of alkyl halides is 3. The molecule has 0 unspecified atom stereocenters. The molecule has 2 aromatic carbocycles. The average molecular weight is 521 g/mol. The molecule has 1 aliphatic heterocycles. The van der Waals surface area contributed by atoms with E-state index in [-0.39, 0.29) is 36.8 Å². The van der Waals surface area contributed by atoms with Crippen molar-refractivity contribution in [3.63, 3.8) is 0 Å².